The number of hydrogen-bond acceptors (Lipinski definition) is 4. The average molecular weight is 421 g/mol. The number of benzene rings is 2. The van der Waals surface area contributed by atoms with E-state index in [1.807, 2.05) is 17.0 Å². The van der Waals surface area contributed by atoms with Crippen molar-refractivity contribution in [2.24, 2.45) is 0 Å². The van der Waals surface area contributed by atoms with E-state index in [9.17, 15) is 14.4 Å². The Morgan fingerprint density at radius 1 is 1.00 bits per heavy atom. The highest BCUT2D eigenvalue weighted by atomic mass is 16.5. The summed E-state index contributed by atoms with van der Waals surface area (Å²) in [5.74, 6) is 0.0369. The Labute approximate surface area is 182 Å². The number of carbonyl (C=O) groups is 3. The van der Waals surface area contributed by atoms with Gasteiger partial charge in [-0.3, -0.25) is 14.4 Å². The summed E-state index contributed by atoms with van der Waals surface area (Å²) in [4.78, 5) is 38.7. The second kappa shape index (κ2) is 10.4. The molecule has 1 aliphatic heterocycles. The molecule has 7 heteroatoms. The van der Waals surface area contributed by atoms with E-state index in [2.05, 4.69) is 10.6 Å². The van der Waals surface area contributed by atoms with Gasteiger partial charge in [0.15, 0.2) is 0 Å². The van der Waals surface area contributed by atoms with Gasteiger partial charge in [0.2, 0.25) is 11.8 Å². The minimum absolute atomic E-state index is 0.0136. The van der Waals surface area contributed by atoms with Gasteiger partial charge in [-0.25, -0.2) is 0 Å². The topological polar surface area (TPSA) is 87.7 Å². The number of nitrogens with zero attached hydrogens (tertiary/aromatic N) is 1. The van der Waals surface area contributed by atoms with Crippen molar-refractivity contribution in [3.8, 4) is 5.75 Å². The van der Waals surface area contributed by atoms with E-state index >= 15 is 0 Å². The standard InChI is InChI=1S/C24H27N3O4/c1-17(25-22(28)14-7-18-5-12-21(31-2)13-6-18)23(29)26-20-10-8-19(9-11-20)24(30)27-15-3-4-16-27/h5-14,17H,3-4,15-16H2,1-2H3,(H,25,28)(H,26,29). The highest BCUT2D eigenvalue weighted by Gasteiger charge is 2.19. The maximum atomic E-state index is 12.4. The van der Waals surface area contributed by atoms with Gasteiger partial charge in [-0.2, -0.15) is 0 Å². The number of anilines is 1. The summed E-state index contributed by atoms with van der Waals surface area (Å²) in [6, 6.07) is 13.3. The third-order valence-electron chi connectivity index (χ3n) is 5.09. The van der Waals surface area contributed by atoms with E-state index < -0.39 is 6.04 Å². The number of ether oxygens (including phenoxy) is 1. The molecule has 0 radical (unpaired) electrons. The summed E-state index contributed by atoms with van der Waals surface area (Å²) in [6.45, 7) is 3.20. The molecule has 0 bridgehead atoms. The molecule has 2 aromatic rings. The van der Waals surface area contributed by atoms with Crippen LogP contribution in [0, 0.1) is 0 Å². The van der Waals surface area contributed by atoms with Crippen LogP contribution in [0.1, 0.15) is 35.7 Å². The molecule has 1 atom stereocenters. The molecular formula is C24H27N3O4. The highest BCUT2D eigenvalue weighted by molar-refractivity contribution is 6.00. The van der Waals surface area contributed by atoms with Gasteiger partial charge in [-0.15, -0.1) is 0 Å². The number of carbonyl (C=O) groups excluding carboxylic acids is 3. The Kier molecular flexibility index (Phi) is 7.43. The quantitative estimate of drug-likeness (QED) is 0.673. The summed E-state index contributed by atoms with van der Waals surface area (Å²) in [5.41, 5.74) is 2.01. The van der Waals surface area contributed by atoms with Gasteiger partial charge in [0.25, 0.3) is 5.91 Å². The van der Waals surface area contributed by atoms with Crippen LogP contribution >= 0.6 is 0 Å². The van der Waals surface area contributed by atoms with E-state index in [0.717, 1.165) is 37.2 Å². The van der Waals surface area contributed by atoms with Crippen molar-refractivity contribution in [2.45, 2.75) is 25.8 Å². The zero-order valence-corrected chi connectivity index (χ0v) is 17.8. The first-order valence-corrected chi connectivity index (χ1v) is 10.3. The number of methoxy groups -OCH3 is 1. The zero-order chi connectivity index (χ0) is 22.2. The molecule has 2 N–H and O–H groups in total. The normalized spacial score (nSPS) is 14.3. The van der Waals surface area contributed by atoms with Crippen LogP contribution in [0.3, 0.4) is 0 Å². The van der Waals surface area contributed by atoms with Crippen molar-refractivity contribution in [1.82, 2.24) is 10.2 Å². The van der Waals surface area contributed by atoms with Gasteiger partial charge in [-0.1, -0.05) is 12.1 Å². The first kappa shape index (κ1) is 22.1. The smallest absolute Gasteiger partial charge is 0.253 e. The lowest BCUT2D eigenvalue weighted by Crippen LogP contribution is -2.40. The van der Waals surface area contributed by atoms with Crippen molar-refractivity contribution in [1.29, 1.82) is 0 Å². The van der Waals surface area contributed by atoms with Crippen molar-refractivity contribution < 1.29 is 19.1 Å². The predicted octanol–water partition coefficient (Wildman–Crippen LogP) is 3.09. The van der Waals surface area contributed by atoms with E-state index in [1.165, 1.54) is 6.08 Å². The fourth-order valence-corrected chi connectivity index (χ4v) is 3.26. The minimum Gasteiger partial charge on any atom is -0.497 e. The highest BCUT2D eigenvalue weighted by Crippen LogP contribution is 2.16. The number of hydrogen-bond donors (Lipinski definition) is 2. The number of amides is 3. The third kappa shape index (κ3) is 6.18. The van der Waals surface area contributed by atoms with Gasteiger partial charge >= 0.3 is 0 Å². The molecule has 1 aliphatic rings. The van der Waals surface area contributed by atoms with Crippen LogP contribution in [0.4, 0.5) is 5.69 Å². The molecule has 162 valence electrons. The van der Waals surface area contributed by atoms with E-state index in [4.69, 9.17) is 4.74 Å². The van der Waals surface area contributed by atoms with Crippen LogP contribution in [-0.4, -0.2) is 48.9 Å². The van der Waals surface area contributed by atoms with Crippen molar-refractivity contribution in [3.63, 3.8) is 0 Å². The van der Waals surface area contributed by atoms with Crippen LogP contribution in [0.5, 0.6) is 5.75 Å². The van der Waals surface area contributed by atoms with Crippen LogP contribution in [-0.2, 0) is 9.59 Å². The van der Waals surface area contributed by atoms with Crippen LogP contribution in [0.15, 0.2) is 54.6 Å². The van der Waals surface area contributed by atoms with Gasteiger partial charge in [0.05, 0.1) is 7.11 Å². The number of rotatable bonds is 7. The number of nitrogens with one attached hydrogen (secondary N) is 2. The fourth-order valence-electron chi connectivity index (χ4n) is 3.26. The summed E-state index contributed by atoms with van der Waals surface area (Å²) in [7, 11) is 1.59. The molecular weight excluding hydrogens is 394 g/mol. The van der Waals surface area contributed by atoms with E-state index in [0.29, 0.717) is 11.3 Å². The Bertz CT molecular complexity index is 946. The van der Waals surface area contributed by atoms with Crippen molar-refractivity contribution >= 4 is 29.5 Å². The maximum absolute atomic E-state index is 12.4. The first-order chi connectivity index (χ1) is 15.0. The molecule has 1 fully saturated rings. The summed E-state index contributed by atoms with van der Waals surface area (Å²) < 4.78 is 5.10. The van der Waals surface area contributed by atoms with Crippen LogP contribution < -0.4 is 15.4 Å². The minimum atomic E-state index is -0.723. The lowest BCUT2D eigenvalue weighted by atomic mass is 10.1. The second-order valence-corrected chi connectivity index (χ2v) is 7.40. The fraction of sp³-hybridized carbons (Fsp3) is 0.292. The third-order valence-corrected chi connectivity index (χ3v) is 5.09. The van der Waals surface area contributed by atoms with Gasteiger partial charge in [-0.05, 0) is 67.8 Å². The molecule has 0 spiro atoms. The molecule has 0 saturated carbocycles. The monoisotopic (exact) mass is 421 g/mol. The van der Waals surface area contributed by atoms with E-state index in [1.54, 1.807) is 56.5 Å². The molecule has 0 aromatic heterocycles. The Morgan fingerprint density at radius 2 is 1.65 bits per heavy atom. The molecule has 1 unspecified atom stereocenters. The summed E-state index contributed by atoms with van der Waals surface area (Å²) in [5, 5.41) is 5.39. The van der Waals surface area contributed by atoms with Crippen molar-refractivity contribution in [2.75, 3.05) is 25.5 Å². The Balaban J connectivity index is 1.49. The second-order valence-electron chi connectivity index (χ2n) is 7.40. The van der Waals surface area contributed by atoms with E-state index in [-0.39, 0.29) is 17.7 Å². The molecule has 1 saturated heterocycles. The molecule has 3 amide bonds. The van der Waals surface area contributed by atoms with Gasteiger partial charge in [0, 0.05) is 30.4 Å². The lowest BCUT2D eigenvalue weighted by molar-refractivity contribution is -0.123. The lowest BCUT2D eigenvalue weighted by Gasteiger charge is -2.16. The van der Waals surface area contributed by atoms with Crippen LogP contribution in [0.25, 0.3) is 6.08 Å². The average Bonchev–Trinajstić information content (AvgIpc) is 3.33. The number of likely N-dealkylation sites (tertiary alicyclic amines) is 1. The first-order valence-electron chi connectivity index (χ1n) is 10.3. The molecule has 7 nitrogen and oxygen atoms in total. The predicted molar refractivity (Wildman–Crippen MR) is 120 cm³/mol. The van der Waals surface area contributed by atoms with Gasteiger partial charge in [0.1, 0.15) is 11.8 Å². The summed E-state index contributed by atoms with van der Waals surface area (Å²) >= 11 is 0. The molecule has 31 heavy (non-hydrogen) atoms. The summed E-state index contributed by atoms with van der Waals surface area (Å²) in [6.07, 6.45) is 5.12. The van der Waals surface area contributed by atoms with Crippen molar-refractivity contribution in [3.05, 3.63) is 65.7 Å². The molecule has 1 heterocycles. The maximum Gasteiger partial charge on any atom is 0.253 e. The van der Waals surface area contributed by atoms with Gasteiger partial charge < -0.3 is 20.3 Å². The SMILES string of the molecule is COc1ccc(C=CC(=O)NC(C)C(=O)Nc2ccc(C(=O)N3CCCC3)cc2)cc1. The zero-order valence-electron chi connectivity index (χ0n) is 17.8. The molecule has 3 rings (SSSR count). The van der Waals surface area contributed by atoms with Crippen LogP contribution in [0.2, 0.25) is 0 Å². The molecule has 0 aliphatic carbocycles. The Hall–Kier alpha value is -3.61. The Morgan fingerprint density at radius 3 is 2.26 bits per heavy atom. The molecule has 2 aromatic carbocycles. The largest absolute Gasteiger partial charge is 0.497 e.